The van der Waals surface area contributed by atoms with Gasteiger partial charge in [-0.1, -0.05) is 0 Å². The molecule has 2 aliphatic heterocycles. The molecule has 7 heteroatoms. The van der Waals surface area contributed by atoms with Gasteiger partial charge in [-0.05, 0) is 18.7 Å². The third kappa shape index (κ3) is 4.34. The normalized spacial score (nSPS) is 17.6. The van der Waals surface area contributed by atoms with Crippen LogP contribution in [0.1, 0.15) is 42.5 Å². The third-order valence-electron chi connectivity index (χ3n) is 4.76. The Labute approximate surface area is 146 Å². The number of fused-ring (bicyclic) bond motifs is 1. The lowest BCUT2D eigenvalue weighted by atomic mass is 10.0. The van der Waals surface area contributed by atoms with Crippen LogP contribution in [0.25, 0.3) is 0 Å². The molecule has 1 aromatic heterocycles. The maximum atomic E-state index is 12.2. The number of terminal acetylenes is 1. The van der Waals surface area contributed by atoms with Gasteiger partial charge in [0.25, 0.3) is 5.56 Å². The molecule has 0 bridgehead atoms. The Morgan fingerprint density at radius 3 is 3.00 bits per heavy atom. The highest BCUT2D eigenvalue weighted by Gasteiger charge is 2.39. The summed E-state index contributed by atoms with van der Waals surface area (Å²) < 4.78 is 0. The second-order valence-electron chi connectivity index (χ2n) is 6.78. The summed E-state index contributed by atoms with van der Waals surface area (Å²) in [5.41, 5.74) is 2.15. The molecule has 0 atom stereocenters. The standard InChI is InChI=1S/C18H23N5O2/c1-3-4-7-18(21-22-18)8-5-16(24)19-11-13-10-14-12-23(2)9-6-15(14)20-17(13)25/h1,10H,4-9,11-12H2,2H3,(H,19,24)(H,20,25). The summed E-state index contributed by atoms with van der Waals surface area (Å²) >= 11 is 0. The van der Waals surface area contributed by atoms with Gasteiger partial charge in [-0.15, -0.1) is 12.3 Å². The van der Waals surface area contributed by atoms with Gasteiger partial charge in [0, 0.05) is 63.0 Å². The smallest absolute Gasteiger partial charge is 0.253 e. The maximum absolute atomic E-state index is 12.2. The first-order valence-electron chi connectivity index (χ1n) is 8.58. The highest BCUT2D eigenvalue weighted by molar-refractivity contribution is 5.76. The van der Waals surface area contributed by atoms with E-state index in [1.54, 1.807) is 0 Å². The van der Waals surface area contributed by atoms with Crippen molar-refractivity contribution in [3.05, 3.63) is 33.2 Å². The number of carbonyl (C=O) groups is 1. The predicted molar refractivity (Wildman–Crippen MR) is 93.8 cm³/mol. The molecule has 132 valence electrons. The van der Waals surface area contributed by atoms with Crippen LogP contribution in [0.15, 0.2) is 21.1 Å². The topological polar surface area (TPSA) is 89.9 Å². The van der Waals surface area contributed by atoms with E-state index in [-0.39, 0.29) is 18.0 Å². The quantitative estimate of drug-likeness (QED) is 0.733. The number of aromatic nitrogens is 1. The lowest BCUT2D eigenvalue weighted by molar-refractivity contribution is -0.121. The van der Waals surface area contributed by atoms with Crippen molar-refractivity contribution >= 4 is 5.91 Å². The molecule has 25 heavy (non-hydrogen) atoms. The number of likely N-dealkylation sites (N-methyl/N-ethyl adjacent to an activating group) is 1. The molecule has 7 nitrogen and oxygen atoms in total. The Bertz CT molecular complexity index is 784. The first kappa shape index (κ1) is 17.4. The number of rotatable bonds is 7. The van der Waals surface area contributed by atoms with Crippen LogP contribution in [-0.4, -0.2) is 35.0 Å². The van der Waals surface area contributed by atoms with E-state index in [4.69, 9.17) is 6.42 Å². The van der Waals surface area contributed by atoms with Crippen molar-refractivity contribution in [2.45, 2.75) is 50.9 Å². The van der Waals surface area contributed by atoms with Gasteiger partial charge in [-0.25, -0.2) is 0 Å². The van der Waals surface area contributed by atoms with Crippen molar-refractivity contribution < 1.29 is 4.79 Å². The maximum Gasteiger partial charge on any atom is 0.253 e. The first-order valence-corrected chi connectivity index (χ1v) is 8.58. The van der Waals surface area contributed by atoms with Crippen molar-refractivity contribution in [1.29, 1.82) is 0 Å². The lowest BCUT2D eigenvalue weighted by Gasteiger charge is -2.24. The fourth-order valence-electron chi connectivity index (χ4n) is 3.09. The van der Waals surface area contributed by atoms with Gasteiger partial charge in [0.05, 0.1) is 0 Å². The summed E-state index contributed by atoms with van der Waals surface area (Å²) in [5, 5.41) is 10.9. The van der Waals surface area contributed by atoms with Gasteiger partial charge < -0.3 is 15.2 Å². The van der Waals surface area contributed by atoms with Crippen molar-refractivity contribution in [1.82, 2.24) is 15.2 Å². The molecule has 0 saturated carbocycles. The Morgan fingerprint density at radius 2 is 2.28 bits per heavy atom. The van der Waals surface area contributed by atoms with Crippen LogP contribution in [-0.2, 0) is 24.3 Å². The van der Waals surface area contributed by atoms with Crippen molar-refractivity contribution in [3.63, 3.8) is 0 Å². The average molecular weight is 341 g/mol. The summed E-state index contributed by atoms with van der Waals surface area (Å²) in [4.78, 5) is 29.4. The van der Waals surface area contributed by atoms with Gasteiger partial charge >= 0.3 is 0 Å². The minimum atomic E-state index is -0.447. The van der Waals surface area contributed by atoms with E-state index in [1.807, 2.05) is 6.07 Å². The van der Waals surface area contributed by atoms with E-state index in [0.717, 1.165) is 30.8 Å². The van der Waals surface area contributed by atoms with E-state index < -0.39 is 5.66 Å². The van der Waals surface area contributed by atoms with Gasteiger partial charge in [0.2, 0.25) is 5.91 Å². The van der Waals surface area contributed by atoms with E-state index in [0.29, 0.717) is 31.2 Å². The van der Waals surface area contributed by atoms with Crippen LogP contribution < -0.4 is 10.9 Å². The summed E-state index contributed by atoms with van der Waals surface area (Å²) in [7, 11) is 2.06. The van der Waals surface area contributed by atoms with Gasteiger partial charge in [0.15, 0.2) is 5.66 Å². The Kier molecular flexibility index (Phi) is 5.00. The van der Waals surface area contributed by atoms with Crippen molar-refractivity contribution in [2.24, 2.45) is 10.2 Å². The minimum Gasteiger partial charge on any atom is -0.352 e. The second-order valence-corrected chi connectivity index (χ2v) is 6.78. The molecule has 3 heterocycles. The van der Waals surface area contributed by atoms with Crippen molar-refractivity contribution in [3.8, 4) is 12.3 Å². The number of nitrogens with zero attached hydrogens (tertiary/aromatic N) is 3. The molecule has 0 spiro atoms. The van der Waals surface area contributed by atoms with Crippen LogP contribution in [0.2, 0.25) is 0 Å². The molecule has 0 aromatic carbocycles. The van der Waals surface area contributed by atoms with Crippen molar-refractivity contribution in [2.75, 3.05) is 13.6 Å². The van der Waals surface area contributed by atoms with Crippen LogP contribution in [0.4, 0.5) is 0 Å². The molecule has 2 aliphatic rings. The first-order chi connectivity index (χ1) is 12.0. The fraction of sp³-hybridized carbons (Fsp3) is 0.556. The Balaban J connectivity index is 1.52. The van der Waals surface area contributed by atoms with E-state index >= 15 is 0 Å². The number of H-pyrrole nitrogens is 1. The molecule has 0 fully saturated rings. The highest BCUT2D eigenvalue weighted by atomic mass is 16.1. The van der Waals surface area contributed by atoms with Gasteiger partial charge in [0.1, 0.15) is 0 Å². The minimum absolute atomic E-state index is 0.105. The monoisotopic (exact) mass is 341 g/mol. The van der Waals surface area contributed by atoms with Crippen LogP contribution >= 0.6 is 0 Å². The number of aromatic amines is 1. The molecule has 0 radical (unpaired) electrons. The number of nitrogens with one attached hydrogen (secondary N) is 2. The van der Waals surface area contributed by atoms with Gasteiger partial charge in [-0.2, -0.15) is 10.2 Å². The summed E-state index contributed by atoms with van der Waals surface area (Å²) in [6, 6.07) is 1.91. The molecule has 2 N–H and O–H groups in total. The fourth-order valence-corrected chi connectivity index (χ4v) is 3.09. The van der Waals surface area contributed by atoms with E-state index in [2.05, 4.69) is 38.4 Å². The molecule has 0 saturated heterocycles. The van der Waals surface area contributed by atoms with Gasteiger partial charge in [-0.3, -0.25) is 9.59 Å². The number of carbonyl (C=O) groups excluding carboxylic acids is 1. The van der Waals surface area contributed by atoms with Crippen LogP contribution in [0.3, 0.4) is 0 Å². The number of hydrogen-bond acceptors (Lipinski definition) is 5. The third-order valence-corrected chi connectivity index (χ3v) is 4.76. The van der Waals surface area contributed by atoms with Crippen LogP contribution in [0.5, 0.6) is 0 Å². The molecule has 1 amide bonds. The summed E-state index contributed by atoms with van der Waals surface area (Å²) in [6.07, 6.45) is 8.28. The lowest BCUT2D eigenvalue weighted by Crippen LogP contribution is -2.32. The predicted octanol–water partition coefficient (Wildman–Crippen LogP) is 1.33. The second kappa shape index (κ2) is 7.19. The number of hydrogen-bond donors (Lipinski definition) is 2. The molecule has 0 unspecified atom stereocenters. The zero-order chi connectivity index (χ0) is 17.9. The largest absolute Gasteiger partial charge is 0.352 e. The summed E-state index contributed by atoms with van der Waals surface area (Å²) in [6.45, 7) is 1.99. The average Bonchev–Trinajstić information content (AvgIpc) is 3.37. The SMILES string of the molecule is C#CCCC1(CCC(=O)NCc2cc3c([nH]c2=O)CCN(C)C3)N=N1. The Hall–Kier alpha value is -2.46. The van der Waals surface area contributed by atoms with Crippen LogP contribution in [0, 0.1) is 12.3 Å². The van der Waals surface area contributed by atoms with E-state index in [9.17, 15) is 9.59 Å². The van der Waals surface area contributed by atoms with E-state index in [1.165, 1.54) is 0 Å². The number of amides is 1. The zero-order valence-electron chi connectivity index (χ0n) is 14.5. The molecular weight excluding hydrogens is 318 g/mol. The zero-order valence-corrected chi connectivity index (χ0v) is 14.5. The summed E-state index contributed by atoms with van der Waals surface area (Å²) in [5.74, 6) is 2.47. The highest BCUT2D eigenvalue weighted by Crippen LogP contribution is 2.37. The Morgan fingerprint density at radius 1 is 1.48 bits per heavy atom. The molecule has 3 rings (SSSR count). The number of pyridine rings is 1. The molecule has 0 aliphatic carbocycles. The molecular formula is C18H23N5O2. The molecule has 1 aromatic rings.